The quantitative estimate of drug-likeness (QED) is 0.307. The molecule has 2 fully saturated rings. The first-order chi connectivity index (χ1) is 10.0. The molecule has 2 rings (SSSR count). The van der Waals surface area contributed by atoms with Crippen molar-refractivity contribution in [2.75, 3.05) is 46.4 Å². The van der Waals surface area contributed by atoms with Crippen LogP contribution in [0.3, 0.4) is 0 Å². The van der Waals surface area contributed by atoms with E-state index in [1.807, 2.05) is 7.05 Å². The number of hydrogen-bond donors (Lipinski definition) is 2. The van der Waals surface area contributed by atoms with Crippen molar-refractivity contribution in [1.82, 2.24) is 15.5 Å². The van der Waals surface area contributed by atoms with Crippen molar-refractivity contribution in [3.63, 3.8) is 0 Å². The number of guanidine groups is 1. The van der Waals surface area contributed by atoms with E-state index in [0.29, 0.717) is 6.04 Å². The maximum absolute atomic E-state index is 5.28. The van der Waals surface area contributed by atoms with Crippen molar-refractivity contribution in [2.24, 2.45) is 10.4 Å². The maximum Gasteiger partial charge on any atom is 0.191 e. The zero-order valence-electron chi connectivity index (χ0n) is 14.2. The molecule has 2 saturated heterocycles. The molecule has 2 N–H and O–H groups in total. The molecule has 0 aliphatic carbocycles. The summed E-state index contributed by atoms with van der Waals surface area (Å²) in [5.74, 6) is 0.918. The van der Waals surface area contributed by atoms with Crippen LogP contribution in [-0.2, 0) is 4.74 Å². The Morgan fingerprint density at radius 2 is 2.00 bits per heavy atom. The lowest BCUT2D eigenvalue weighted by Gasteiger charge is -2.39. The van der Waals surface area contributed by atoms with Crippen LogP contribution in [0.15, 0.2) is 17.1 Å². The summed E-state index contributed by atoms with van der Waals surface area (Å²) in [5, 5.41) is 6.98. The fourth-order valence-electron chi connectivity index (χ4n) is 2.85. The number of nitrogens with zero attached hydrogens (tertiary/aromatic N) is 2. The Morgan fingerprint density at radius 1 is 1.36 bits per heavy atom. The minimum Gasteiger partial charge on any atom is -0.380 e. The van der Waals surface area contributed by atoms with Crippen LogP contribution in [-0.4, -0.2) is 63.3 Å². The Labute approximate surface area is 152 Å². The van der Waals surface area contributed by atoms with E-state index >= 15 is 0 Å². The highest BCUT2D eigenvalue weighted by Gasteiger charge is 2.33. The highest BCUT2D eigenvalue weighted by molar-refractivity contribution is 14.0. The summed E-state index contributed by atoms with van der Waals surface area (Å²) in [6.07, 6.45) is 2.32. The third-order valence-corrected chi connectivity index (χ3v) is 4.23. The lowest BCUT2D eigenvalue weighted by atomic mass is 9.89. The van der Waals surface area contributed by atoms with Crippen LogP contribution in [0.5, 0.6) is 0 Å². The number of piperidine rings is 1. The van der Waals surface area contributed by atoms with Crippen molar-refractivity contribution in [3.05, 3.63) is 12.2 Å². The van der Waals surface area contributed by atoms with Crippen molar-refractivity contribution in [3.8, 4) is 0 Å². The molecule has 0 aromatic heterocycles. The molecule has 2 aliphatic rings. The first-order valence-electron chi connectivity index (χ1n) is 7.92. The van der Waals surface area contributed by atoms with Gasteiger partial charge in [-0.25, -0.2) is 0 Å². The largest absolute Gasteiger partial charge is 0.380 e. The average molecular weight is 422 g/mol. The molecule has 5 nitrogen and oxygen atoms in total. The van der Waals surface area contributed by atoms with E-state index in [1.54, 1.807) is 0 Å². The molecule has 128 valence electrons. The summed E-state index contributed by atoms with van der Waals surface area (Å²) >= 11 is 0. The molecule has 0 unspecified atom stereocenters. The number of nitrogens with one attached hydrogen (secondary N) is 2. The number of rotatable bonds is 5. The molecule has 0 spiro atoms. The lowest BCUT2D eigenvalue weighted by molar-refractivity contribution is -0.0971. The van der Waals surface area contributed by atoms with Gasteiger partial charge < -0.3 is 15.4 Å². The van der Waals surface area contributed by atoms with Crippen LogP contribution >= 0.6 is 24.0 Å². The van der Waals surface area contributed by atoms with Crippen molar-refractivity contribution < 1.29 is 4.74 Å². The third-order valence-electron chi connectivity index (χ3n) is 4.23. The van der Waals surface area contributed by atoms with E-state index in [4.69, 9.17) is 4.74 Å². The summed E-state index contributed by atoms with van der Waals surface area (Å²) in [6, 6.07) is 0.517. The fourth-order valence-corrected chi connectivity index (χ4v) is 2.85. The smallest absolute Gasteiger partial charge is 0.191 e. The molecule has 0 aromatic carbocycles. The molecular weight excluding hydrogens is 391 g/mol. The molecule has 2 aliphatic heterocycles. The molecule has 6 heteroatoms. The SMILES string of the molecule is C=C(C)CN1CCC(NC(=NC)NCC2(C)COC2)CC1.I. The van der Waals surface area contributed by atoms with Gasteiger partial charge in [0.05, 0.1) is 13.2 Å². The van der Waals surface area contributed by atoms with Crippen LogP contribution in [0.4, 0.5) is 0 Å². The maximum atomic E-state index is 5.28. The summed E-state index contributed by atoms with van der Waals surface area (Å²) in [4.78, 5) is 6.81. The molecule has 0 bridgehead atoms. The first-order valence-corrected chi connectivity index (χ1v) is 7.92. The van der Waals surface area contributed by atoms with Gasteiger partial charge in [-0.1, -0.05) is 19.1 Å². The van der Waals surface area contributed by atoms with E-state index in [1.165, 1.54) is 5.57 Å². The highest BCUT2D eigenvalue weighted by atomic mass is 127. The average Bonchev–Trinajstić information content (AvgIpc) is 2.42. The van der Waals surface area contributed by atoms with Gasteiger partial charge in [-0.2, -0.15) is 0 Å². The second-order valence-electron chi connectivity index (χ2n) is 6.88. The van der Waals surface area contributed by atoms with Crippen LogP contribution < -0.4 is 10.6 Å². The van der Waals surface area contributed by atoms with Gasteiger partial charge in [0.25, 0.3) is 0 Å². The van der Waals surface area contributed by atoms with E-state index in [-0.39, 0.29) is 29.4 Å². The van der Waals surface area contributed by atoms with Crippen molar-refractivity contribution in [1.29, 1.82) is 0 Å². The first kappa shape index (κ1) is 19.7. The van der Waals surface area contributed by atoms with Gasteiger partial charge in [0.15, 0.2) is 5.96 Å². The monoisotopic (exact) mass is 422 g/mol. The third kappa shape index (κ3) is 6.04. The molecule has 0 amide bonds. The highest BCUT2D eigenvalue weighted by Crippen LogP contribution is 2.25. The minimum absolute atomic E-state index is 0. The number of hydrogen-bond acceptors (Lipinski definition) is 3. The van der Waals surface area contributed by atoms with Crippen LogP contribution in [0.1, 0.15) is 26.7 Å². The lowest BCUT2D eigenvalue weighted by Crippen LogP contribution is -2.53. The second-order valence-corrected chi connectivity index (χ2v) is 6.88. The van der Waals surface area contributed by atoms with Gasteiger partial charge in [0, 0.05) is 44.7 Å². The summed E-state index contributed by atoms with van der Waals surface area (Å²) < 4.78 is 5.28. The standard InChI is InChI=1S/C16H30N4O.HI/c1-13(2)9-20-7-5-14(6-8-20)19-15(17-4)18-10-16(3)11-21-12-16;/h14H,1,5-12H2,2-4H3,(H2,17,18,19);1H. The molecule has 0 atom stereocenters. The van der Waals surface area contributed by atoms with E-state index in [2.05, 4.69) is 41.0 Å². The van der Waals surface area contributed by atoms with Gasteiger partial charge in [-0.15, -0.1) is 24.0 Å². The Balaban J connectivity index is 0.00000242. The van der Waals surface area contributed by atoms with Crippen molar-refractivity contribution >= 4 is 29.9 Å². The predicted molar refractivity (Wildman–Crippen MR) is 103 cm³/mol. The number of halogens is 1. The van der Waals surface area contributed by atoms with E-state index < -0.39 is 0 Å². The van der Waals surface area contributed by atoms with Gasteiger partial charge in [-0.3, -0.25) is 9.89 Å². The zero-order valence-corrected chi connectivity index (χ0v) is 16.5. The molecule has 0 aromatic rings. The molecule has 22 heavy (non-hydrogen) atoms. The normalized spacial score (nSPS) is 22.4. The van der Waals surface area contributed by atoms with E-state index in [9.17, 15) is 0 Å². The molecular formula is C16H31IN4O. The van der Waals surface area contributed by atoms with Crippen molar-refractivity contribution in [2.45, 2.75) is 32.7 Å². The Kier molecular flexibility index (Phi) is 8.13. The van der Waals surface area contributed by atoms with Gasteiger partial charge in [0.1, 0.15) is 0 Å². The number of aliphatic imine (C=N–C) groups is 1. The molecule has 2 heterocycles. The van der Waals surface area contributed by atoms with Crippen LogP contribution in [0.25, 0.3) is 0 Å². The topological polar surface area (TPSA) is 48.9 Å². The predicted octanol–water partition coefficient (Wildman–Crippen LogP) is 1.85. The summed E-state index contributed by atoms with van der Waals surface area (Å²) in [5.41, 5.74) is 1.51. The Morgan fingerprint density at radius 3 is 2.45 bits per heavy atom. The minimum atomic E-state index is 0. The number of likely N-dealkylation sites (tertiary alicyclic amines) is 1. The van der Waals surface area contributed by atoms with Gasteiger partial charge in [0.2, 0.25) is 0 Å². The second kappa shape index (κ2) is 9.08. The Hall–Kier alpha value is -0.340. The fraction of sp³-hybridized carbons (Fsp3) is 0.812. The van der Waals surface area contributed by atoms with E-state index in [0.717, 1.165) is 58.2 Å². The molecule has 0 radical (unpaired) electrons. The Bertz CT molecular complexity index is 388. The van der Waals surface area contributed by atoms with Crippen LogP contribution in [0.2, 0.25) is 0 Å². The number of ether oxygens (including phenoxy) is 1. The molecule has 0 saturated carbocycles. The van der Waals surface area contributed by atoms with Crippen LogP contribution in [0, 0.1) is 5.41 Å². The summed E-state index contributed by atoms with van der Waals surface area (Å²) in [7, 11) is 1.84. The van der Waals surface area contributed by atoms with Gasteiger partial charge >= 0.3 is 0 Å². The zero-order chi connectivity index (χ0) is 15.3. The summed E-state index contributed by atoms with van der Waals surface area (Å²) in [6.45, 7) is 14.2. The van der Waals surface area contributed by atoms with Gasteiger partial charge in [-0.05, 0) is 19.8 Å².